The predicted molar refractivity (Wildman–Crippen MR) is 95.3 cm³/mol. The Kier molecular flexibility index (Phi) is 4.05. The summed E-state index contributed by atoms with van der Waals surface area (Å²) in [4.78, 5) is 25.6. The molecule has 130 valence electrons. The molecule has 2 aliphatic rings. The Morgan fingerprint density at radius 1 is 1.20 bits per heavy atom. The normalized spacial score (nSPS) is 14.9. The van der Waals surface area contributed by atoms with Crippen molar-refractivity contribution in [2.24, 2.45) is 5.73 Å². The van der Waals surface area contributed by atoms with Crippen molar-refractivity contribution in [3.8, 4) is 11.5 Å². The Morgan fingerprint density at radius 2 is 2.00 bits per heavy atom. The van der Waals surface area contributed by atoms with Gasteiger partial charge in [-0.05, 0) is 37.0 Å². The van der Waals surface area contributed by atoms with E-state index < -0.39 is 5.91 Å². The fourth-order valence-electron chi connectivity index (χ4n) is 3.17. The number of amides is 2. The maximum absolute atomic E-state index is 12.6. The Bertz CT molecular complexity index is 893. The van der Waals surface area contributed by atoms with Gasteiger partial charge in [0.1, 0.15) is 18.2 Å². The molecule has 1 aliphatic carbocycles. The van der Waals surface area contributed by atoms with Gasteiger partial charge in [0.25, 0.3) is 11.8 Å². The summed E-state index contributed by atoms with van der Waals surface area (Å²) in [5.41, 5.74) is 7.24. The van der Waals surface area contributed by atoms with E-state index in [1.54, 1.807) is 6.07 Å². The van der Waals surface area contributed by atoms with Gasteiger partial charge in [-0.25, -0.2) is 0 Å². The number of fused-ring (bicyclic) bond motifs is 2. The molecule has 0 bridgehead atoms. The van der Waals surface area contributed by atoms with E-state index in [2.05, 4.69) is 5.32 Å². The van der Waals surface area contributed by atoms with Crippen LogP contribution in [0.3, 0.4) is 0 Å². The minimum absolute atomic E-state index is 0.311. The monoisotopic (exact) mass is 378 g/mol. The Hall–Kier alpha value is -2.25. The standard InChI is InChI=1S/C17H15ClN2O4S/c18-10-6-8(7-11-14(10)24-5-4-23-11)16(22)20-17-13(15(19)21)9-2-1-3-12(9)25-17/h6-7H,1-5H2,(H2,19,21)(H,20,22). The molecule has 0 atom stereocenters. The largest absolute Gasteiger partial charge is 0.486 e. The van der Waals surface area contributed by atoms with Crippen LogP contribution in [0, 0.1) is 0 Å². The number of nitrogens with one attached hydrogen (secondary N) is 1. The van der Waals surface area contributed by atoms with Crippen molar-refractivity contribution < 1.29 is 19.1 Å². The molecular formula is C17H15ClN2O4S. The molecule has 6 nitrogen and oxygen atoms in total. The Morgan fingerprint density at radius 3 is 2.80 bits per heavy atom. The second kappa shape index (κ2) is 6.24. The third kappa shape index (κ3) is 2.83. The molecule has 3 N–H and O–H groups in total. The quantitative estimate of drug-likeness (QED) is 0.858. The van der Waals surface area contributed by atoms with Crippen LogP contribution in [-0.4, -0.2) is 25.0 Å². The van der Waals surface area contributed by atoms with Crippen molar-refractivity contribution in [3.05, 3.63) is 38.7 Å². The summed E-state index contributed by atoms with van der Waals surface area (Å²) in [5, 5.41) is 3.60. The molecule has 1 aromatic carbocycles. The SMILES string of the molecule is NC(=O)c1c(NC(=O)c2cc(Cl)c3c(c2)OCCO3)sc2c1CCC2. The lowest BCUT2D eigenvalue weighted by Crippen LogP contribution is -2.19. The molecule has 2 aromatic rings. The van der Waals surface area contributed by atoms with Gasteiger partial charge in [0.05, 0.1) is 10.6 Å². The van der Waals surface area contributed by atoms with Crippen LogP contribution in [0.2, 0.25) is 5.02 Å². The highest BCUT2D eigenvalue weighted by Gasteiger charge is 2.27. The zero-order valence-electron chi connectivity index (χ0n) is 13.2. The number of anilines is 1. The van der Waals surface area contributed by atoms with Gasteiger partial charge in [0.2, 0.25) is 0 Å². The number of aryl methyl sites for hydroxylation is 1. The lowest BCUT2D eigenvalue weighted by molar-refractivity contribution is 0.100. The van der Waals surface area contributed by atoms with E-state index in [1.165, 1.54) is 17.4 Å². The van der Waals surface area contributed by atoms with Crippen LogP contribution in [0.5, 0.6) is 11.5 Å². The molecule has 0 radical (unpaired) electrons. The van der Waals surface area contributed by atoms with Crippen molar-refractivity contribution in [2.75, 3.05) is 18.5 Å². The molecule has 2 heterocycles. The van der Waals surface area contributed by atoms with E-state index in [4.69, 9.17) is 26.8 Å². The minimum Gasteiger partial charge on any atom is -0.486 e. The highest BCUT2D eigenvalue weighted by atomic mass is 35.5. The molecule has 0 fully saturated rings. The first-order valence-electron chi connectivity index (χ1n) is 7.89. The third-order valence-corrected chi connectivity index (χ3v) is 5.74. The van der Waals surface area contributed by atoms with Crippen molar-refractivity contribution >= 4 is 39.8 Å². The predicted octanol–water partition coefficient (Wildman–Crippen LogP) is 3.01. The van der Waals surface area contributed by atoms with Crippen LogP contribution < -0.4 is 20.5 Å². The zero-order chi connectivity index (χ0) is 17.6. The fourth-order valence-corrected chi connectivity index (χ4v) is 4.73. The lowest BCUT2D eigenvalue weighted by Gasteiger charge is -2.20. The number of benzene rings is 1. The summed E-state index contributed by atoms with van der Waals surface area (Å²) in [7, 11) is 0. The number of nitrogens with two attached hydrogens (primary N) is 1. The summed E-state index contributed by atoms with van der Waals surface area (Å²) in [5.74, 6) is -0.0127. The number of carbonyl (C=O) groups excluding carboxylic acids is 2. The number of halogens is 1. The van der Waals surface area contributed by atoms with Crippen molar-refractivity contribution in [2.45, 2.75) is 19.3 Å². The Labute approximate surface area is 152 Å². The maximum Gasteiger partial charge on any atom is 0.256 e. The van der Waals surface area contributed by atoms with E-state index in [9.17, 15) is 9.59 Å². The lowest BCUT2D eigenvalue weighted by atomic mass is 10.1. The highest BCUT2D eigenvalue weighted by Crippen LogP contribution is 2.40. The Balaban J connectivity index is 1.65. The molecule has 8 heteroatoms. The molecule has 2 amide bonds. The second-order valence-electron chi connectivity index (χ2n) is 5.86. The van der Waals surface area contributed by atoms with Gasteiger partial charge in [-0.15, -0.1) is 11.3 Å². The van der Waals surface area contributed by atoms with Crippen LogP contribution in [-0.2, 0) is 12.8 Å². The first-order valence-corrected chi connectivity index (χ1v) is 9.09. The number of hydrogen-bond acceptors (Lipinski definition) is 5. The molecule has 25 heavy (non-hydrogen) atoms. The average molecular weight is 379 g/mol. The summed E-state index contributed by atoms with van der Waals surface area (Å²) < 4.78 is 10.9. The second-order valence-corrected chi connectivity index (χ2v) is 7.37. The molecule has 0 unspecified atom stereocenters. The van der Waals surface area contributed by atoms with E-state index in [-0.39, 0.29) is 5.91 Å². The van der Waals surface area contributed by atoms with E-state index >= 15 is 0 Å². The van der Waals surface area contributed by atoms with Gasteiger partial charge in [-0.3, -0.25) is 9.59 Å². The van der Waals surface area contributed by atoms with Crippen LogP contribution in [0.1, 0.15) is 37.6 Å². The van der Waals surface area contributed by atoms with Gasteiger partial charge < -0.3 is 20.5 Å². The number of carbonyl (C=O) groups is 2. The third-order valence-electron chi connectivity index (χ3n) is 4.25. The topological polar surface area (TPSA) is 90.7 Å². The summed E-state index contributed by atoms with van der Waals surface area (Å²) >= 11 is 7.59. The van der Waals surface area contributed by atoms with Crippen LogP contribution in [0.4, 0.5) is 5.00 Å². The van der Waals surface area contributed by atoms with Crippen molar-refractivity contribution in [1.82, 2.24) is 0 Å². The maximum atomic E-state index is 12.6. The highest BCUT2D eigenvalue weighted by molar-refractivity contribution is 7.17. The van der Waals surface area contributed by atoms with Crippen molar-refractivity contribution in [3.63, 3.8) is 0 Å². The smallest absolute Gasteiger partial charge is 0.256 e. The van der Waals surface area contributed by atoms with Gasteiger partial charge in [-0.2, -0.15) is 0 Å². The first-order chi connectivity index (χ1) is 12.0. The minimum atomic E-state index is -0.519. The molecule has 1 aliphatic heterocycles. The summed E-state index contributed by atoms with van der Waals surface area (Å²) in [6.07, 6.45) is 2.73. The average Bonchev–Trinajstić information content (AvgIpc) is 3.14. The first kappa shape index (κ1) is 16.2. The number of hydrogen-bond donors (Lipinski definition) is 2. The van der Waals surface area contributed by atoms with Gasteiger partial charge in [-0.1, -0.05) is 11.6 Å². The molecule has 0 spiro atoms. The number of ether oxygens (including phenoxy) is 2. The zero-order valence-corrected chi connectivity index (χ0v) is 14.8. The van der Waals surface area contributed by atoms with E-state index in [0.29, 0.717) is 45.9 Å². The van der Waals surface area contributed by atoms with E-state index in [0.717, 1.165) is 29.7 Å². The van der Waals surface area contributed by atoms with Gasteiger partial charge >= 0.3 is 0 Å². The molecular weight excluding hydrogens is 364 g/mol. The molecule has 4 rings (SSSR count). The molecule has 0 saturated heterocycles. The van der Waals surface area contributed by atoms with Crippen LogP contribution in [0.25, 0.3) is 0 Å². The number of rotatable bonds is 3. The summed E-state index contributed by atoms with van der Waals surface area (Å²) in [6.45, 7) is 0.818. The fraction of sp³-hybridized carbons (Fsp3) is 0.294. The molecule has 1 aromatic heterocycles. The van der Waals surface area contributed by atoms with Crippen LogP contribution in [0.15, 0.2) is 12.1 Å². The number of primary amides is 1. The number of thiophene rings is 1. The molecule has 0 saturated carbocycles. The van der Waals surface area contributed by atoms with Crippen LogP contribution >= 0.6 is 22.9 Å². The van der Waals surface area contributed by atoms with Gasteiger partial charge in [0.15, 0.2) is 11.5 Å². The van der Waals surface area contributed by atoms with E-state index in [1.807, 2.05) is 0 Å². The van der Waals surface area contributed by atoms with Crippen molar-refractivity contribution in [1.29, 1.82) is 0 Å². The summed E-state index contributed by atoms with van der Waals surface area (Å²) in [6, 6.07) is 3.11. The van der Waals surface area contributed by atoms with Gasteiger partial charge in [0, 0.05) is 10.4 Å².